The highest BCUT2D eigenvalue weighted by atomic mass is 16.5. The largest absolute Gasteiger partial charge is 0.497 e. The Morgan fingerprint density at radius 2 is 2.03 bits per heavy atom. The number of likely N-dealkylation sites (tertiary alicyclic amines) is 1. The summed E-state index contributed by atoms with van der Waals surface area (Å²) < 4.78 is 11.6. The lowest BCUT2D eigenvalue weighted by Gasteiger charge is -2.16. The van der Waals surface area contributed by atoms with Crippen molar-refractivity contribution < 1.29 is 24.2 Å². The van der Waals surface area contributed by atoms with E-state index in [1.165, 1.54) is 12.8 Å². The molecular formula is C27H32N4O5. The predicted octanol–water partition coefficient (Wildman–Crippen LogP) is 3.05. The van der Waals surface area contributed by atoms with Crippen LogP contribution in [0.4, 0.5) is 0 Å². The minimum Gasteiger partial charge on any atom is -0.497 e. The van der Waals surface area contributed by atoms with Gasteiger partial charge in [-0.2, -0.15) is 0 Å². The summed E-state index contributed by atoms with van der Waals surface area (Å²) in [7, 11) is 1.62. The van der Waals surface area contributed by atoms with Crippen LogP contribution in [0, 0.1) is 12.8 Å². The number of aliphatic hydroxyl groups excluding tert-OH is 1. The summed E-state index contributed by atoms with van der Waals surface area (Å²) in [6, 6.07) is 7.08. The lowest BCUT2D eigenvalue weighted by molar-refractivity contribution is -0.130. The van der Waals surface area contributed by atoms with Crippen molar-refractivity contribution >= 4 is 22.8 Å². The molecule has 3 aromatic rings. The number of H-pyrrole nitrogens is 1. The molecule has 0 radical (unpaired) electrons. The van der Waals surface area contributed by atoms with Crippen LogP contribution >= 0.6 is 0 Å². The summed E-state index contributed by atoms with van der Waals surface area (Å²) in [6.45, 7) is 4.78. The highest BCUT2D eigenvalue weighted by Crippen LogP contribution is 2.39. The van der Waals surface area contributed by atoms with Gasteiger partial charge in [0.15, 0.2) is 0 Å². The summed E-state index contributed by atoms with van der Waals surface area (Å²) in [5.41, 5.74) is 4.05. The molecule has 1 saturated carbocycles. The number of hydrogen-bond donors (Lipinski definition) is 3. The van der Waals surface area contributed by atoms with E-state index in [2.05, 4.69) is 15.3 Å². The van der Waals surface area contributed by atoms with Crippen LogP contribution in [-0.4, -0.2) is 70.7 Å². The molecule has 2 atom stereocenters. The number of rotatable bonds is 8. The maximum atomic E-state index is 13.4. The first kappa shape index (κ1) is 24.1. The van der Waals surface area contributed by atoms with Gasteiger partial charge in [0, 0.05) is 42.5 Å². The highest BCUT2D eigenvalue weighted by Gasteiger charge is 2.35. The van der Waals surface area contributed by atoms with Crippen LogP contribution in [0.1, 0.15) is 42.2 Å². The van der Waals surface area contributed by atoms with Gasteiger partial charge < -0.3 is 29.8 Å². The number of carbonyl (C=O) groups excluding carboxylic acids is 2. The Kier molecular flexibility index (Phi) is 6.57. The van der Waals surface area contributed by atoms with Gasteiger partial charge in [-0.15, -0.1) is 0 Å². The second-order valence-corrected chi connectivity index (χ2v) is 9.62. The van der Waals surface area contributed by atoms with Gasteiger partial charge in [-0.05, 0) is 49.9 Å². The minimum atomic E-state index is -0.818. The van der Waals surface area contributed by atoms with Crippen molar-refractivity contribution in [1.29, 1.82) is 0 Å². The van der Waals surface area contributed by atoms with E-state index in [-0.39, 0.29) is 24.9 Å². The number of nitrogens with zero attached hydrogens (tertiary/aromatic N) is 2. The van der Waals surface area contributed by atoms with Crippen molar-refractivity contribution in [3.05, 3.63) is 41.7 Å². The summed E-state index contributed by atoms with van der Waals surface area (Å²) >= 11 is 0. The van der Waals surface area contributed by atoms with E-state index in [4.69, 9.17) is 9.47 Å². The molecule has 2 amide bonds. The van der Waals surface area contributed by atoms with Gasteiger partial charge in [-0.1, -0.05) is 6.92 Å². The van der Waals surface area contributed by atoms with Crippen molar-refractivity contribution in [3.8, 4) is 22.6 Å². The lowest BCUT2D eigenvalue weighted by Crippen LogP contribution is -2.43. The zero-order chi connectivity index (χ0) is 25.4. The van der Waals surface area contributed by atoms with E-state index < -0.39 is 12.1 Å². The molecule has 5 rings (SSSR count). The molecule has 0 bridgehead atoms. The average Bonchev–Trinajstić information content (AvgIpc) is 3.55. The molecule has 1 saturated heterocycles. The van der Waals surface area contributed by atoms with E-state index in [0.29, 0.717) is 41.5 Å². The van der Waals surface area contributed by atoms with Crippen LogP contribution in [0.5, 0.6) is 11.5 Å². The van der Waals surface area contributed by atoms with Gasteiger partial charge in [-0.3, -0.25) is 14.6 Å². The van der Waals surface area contributed by atoms with Gasteiger partial charge in [0.2, 0.25) is 5.91 Å². The summed E-state index contributed by atoms with van der Waals surface area (Å²) in [5.74, 6) is 1.68. The molecule has 3 N–H and O–H groups in total. The molecule has 9 nitrogen and oxygen atoms in total. The predicted molar refractivity (Wildman–Crippen MR) is 135 cm³/mol. The number of fused-ring (bicyclic) bond motifs is 1. The van der Waals surface area contributed by atoms with Gasteiger partial charge in [0.05, 0.1) is 36.9 Å². The van der Waals surface area contributed by atoms with Crippen molar-refractivity contribution in [3.63, 3.8) is 0 Å². The van der Waals surface area contributed by atoms with E-state index in [9.17, 15) is 14.7 Å². The Bertz CT molecular complexity index is 1300. The molecule has 0 spiro atoms. The topological polar surface area (TPSA) is 117 Å². The van der Waals surface area contributed by atoms with Crippen LogP contribution in [0.2, 0.25) is 0 Å². The SMILES string of the molecule is CCC(=O)N1C[C@H](O)[C@H](NC(=O)c2c(C)[nH]c3c(-c4cc(OC)ccc4OCC4CC4)ccnc23)C1. The average molecular weight is 493 g/mol. The Morgan fingerprint density at radius 1 is 1.22 bits per heavy atom. The first-order valence-corrected chi connectivity index (χ1v) is 12.4. The normalized spacial score (nSPS) is 19.5. The van der Waals surface area contributed by atoms with Gasteiger partial charge in [0.1, 0.15) is 17.0 Å². The monoisotopic (exact) mass is 492 g/mol. The lowest BCUT2D eigenvalue weighted by atomic mass is 10.0. The van der Waals surface area contributed by atoms with E-state index in [0.717, 1.165) is 22.4 Å². The summed E-state index contributed by atoms with van der Waals surface area (Å²) in [4.78, 5) is 34.9. The molecule has 9 heteroatoms. The number of ether oxygens (including phenoxy) is 2. The second kappa shape index (κ2) is 9.81. The maximum absolute atomic E-state index is 13.4. The summed E-state index contributed by atoms with van der Waals surface area (Å²) in [6.07, 6.45) is 3.61. The van der Waals surface area contributed by atoms with Crippen molar-refractivity contribution in [2.75, 3.05) is 26.8 Å². The zero-order valence-corrected chi connectivity index (χ0v) is 20.8. The second-order valence-electron chi connectivity index (χ2n) is 9.62. The third kappa shape index (κ3) is 4.63. The van der Waals surface area contributed by atoms with Gasteiger partial charge in [-0.25, -0.2) is 0 Å². The van der Waals surface area contributed by atoms with Crippen molar-refractivity contribution in [2.24, 2.45) is 5.92 Å². The number of nitrogens with one attached hydrogen (secondary N) is 2. The molecule has 0 unspecified atom stereocenters. The Labute approximate surface area is 209 Å². The maximum Gasteiger partial charge on any atom is 0.255 e. The quantitative estimate of drug-likeness (QED) is 0.445. The van der Waals surface area contributed by atoms with Gasteiger partial charge >= 0.3 is 0 Å². The number of amides is 2. The fourth-order valence-corrected chi connectivity index (χ4v) is 4.77. The third-order valence-electron chi connectivity index (χ3n) is 7.01. The third-order valence-corrected chi connectivity index (χ3v) is 7.01. The molecule has 36 heavy (non-hydrogen) atoms. The molecule has 1 aromatic carbocycles. The number of carbonyl (C=O) groups is 2. The van der Waals surface area contributed by atoms with E-state index in [1.807, 2.05) is 31.2 Å². The van der Waals surface area contributed by atoms with Crippen molar-refractivity contribution in [1.82, 2.24) is 20.2 Å². The Morgan fingerprint density at radius 3 is 2.75 bits per heavy atom. The van der Waals surface area contributed by atoms with Gasteiger partial charge in [0.25, 0.3) is 5.91 Å². The molecule has 1 aliphatic carbocycles. The molecular weight excluding hydrogens is 460 g/mol. The highest BCUT2D eigenvalue weighted by molar-refractivity contribution is 6.10. The minimum absolute atomic E-state index is 0.0432. The molecule has 3 heterocycles. The number of methoxy groups -OCH3 is 1. The number of pyridine rings is 1. The van der Waals surface area contributed by atoms with Crippen LogP contribution in [0.3, 0.4) is 0 Å². The number of hydrogen-bond acceptors (Lipinski definition) is 6. The van der Waals surface area contributed by atoms with E-state index >= 15 is 0 Å². The molecule has 2 aliphatic rings. The first-order valence-electron chi connectivity index (χ1n) is 12.4. The fourth-order valence-electron chi connectivity index (χ4n) is 4.77. The molecule has 2 fully saturated rings. The van der Waals surface area contributed by atoms with E-state index in [1.54, 1.807) is 25.1 Å². The van der Waals surface area contributed by atoms with Crippen LogP contribution in [0.15, 0.2) is 30.5 Å². The Balaban J connectivity index is 1.47. The number of benzene rings is 1. The number of aromatic amines is 1. The smallest absolute Gasteiger partial charge is 0.255 e. The number of β-amino-alcohol motifs (C(OH)–C–C–N with tert-alkyl or cyclic N) is 1. The van der Waals surface area contributed by atoms with Crippen LogP contribution < -0.4 is 14.8 Å². The zero-order valence-electron chi connectivity index (χ0n) is 20.8. The van der Waals surface area contributed by atoms with Crippen molar-refractivity contribution in [2.45, 2.75) is 45.3 Å². The number of aromatic nitrogens is 2. The molecule has 190 valence electrons. The fraction of sp³-hybridized carbons (Fsp3) is 0.444. The number of aliphatic hydroxyl groups is 1. The standard InChI is InChI=1S/C27H32N4O5/c1-4-23(33)31-12-20(21(32)13-31)30-27(34)24-15(2)29-25-18(9-10-28-26(24)25)19-11-17(35-3)7-8-22(19)36-14-16-5-6-16/h7-11,16,20-21,29,32H,4-6,12-14H2,1-3H3,(H,30,34)/t20-,21+/m1/s1. The van der Waals surface area contributed by atoms with Crippen LogP contribution in [-0.2, 0) is 4.79 Å². The summed E-state index contributed by atoms with van der Waals surface area (Å²) in [5, 5.41) is 13.4. The first-order chi connectivity index (χ1) is 17.4. The molecule has 2 aromatic heterocycles. The molecule has 1 aliphatic heterocycles. The van der Waals surface area contributed by atoms with Crippen LogP contribution in [0.25, 0.3) is 22.2 Å². The Hall–Kier alpha value is -3.59. The number of aryl methyl sites for hydroxylation is 1.